The van der Waals surface area contributed by atoms with Crippen LogP contribution in [0.2, 0.25) is 0 Å². The number of ether oxygens (including phenoxy) is 1. The van der Waals surface area contributed by atoms with E-state index >= 15 is 0 Å². The number of carbonyl (C=O) groups excluding carboxylic acids is 5. The molecule has 0 radical (unpaired) electrons. The fourth-order valence-electron chi connectivity index (χ4n) is 2.25. The van der Waals surface area contributed by atoms with Crippen molar-refractivity contribution in [3.8, 4) is 0 Å². The average molecular weight is 425 g/mol. The molecule has 2 rings (SSSR count). The van der Waals surface area contributed by atoms with Crippen LogP contribution in [0.15, 0.2) is 12.2 Å². The number of carbonyl (C=O) groups is 5. The third kappa shape index (κ3) is 13.2. The number of aliphatic carboxylic acids is 1. The second-order valence-corrected chi connectivity index (χ2v) is 6.94. The fraction of sp³-hybridized carbons (Fsp3) is 0.632. The summed E-state index contributed by atoms with van der Waals surface area (Å²) >= 11 is 5.62. The van der Waals surface area contributed by atoms with Crippen LogP contribution < -0.4 is 34.7 Å². The first-order valence-electron chi connectivity index (χ1n) is 8.84. The molecule has 0 bridgehead atoms. The Balaban J connectivity index is 0. The number of hydrogen-bond donors (Lipinski definition) is 0. The van der Waals surface area contributed by atoms with E-state index in [0.717, 1.165) is 39.0 Å². The van der Waals surface area contributed by atoms with Crippen molar-refractivity contribution in [1.29, 1.82) is 0 Å². The Labute approximate surface area is 192 Å². The molecular formula is C19H26ClNaO7. The first-order chi connectivity index (χ1) is 12.6. The summed E-state index contributed by atoms with van der Waals surface area (Å²) in [5, 5.41) is 9.08. The molecule has 0 spiro atoms. The van der Waals surface area contributed by atoms with Gasteiger partial charge in [-0.15, -0.1) is 11.6 Å². The van der Waals surface area contributed by atoms with E-state index in [2.05, 4.69) is 6.58 Å². The molecule has 2 atom stereocenters. The summed E-state index contributed by atoms with van der Waals surface area (Å²) in [7, 11) is 0. The molecule has 0 N–H and O–H groups in total. The van der Waals surface area contributed by atoms with Gasteiger partial charge < -0.3 is 14.6 Å². The van der Waals surface area contributed by atoms with E-state index in [9.17, 15) is 29.1 Å². The number of esters is 1. The molecular weight excluding hydrogens is 399 g/mol. The molecule has 28 heavy (non-hydrogen) atoms. The van der Waals surface area contributed by atoms with Gasteiger partial charge in [-0.2, -0.15) is 0 Å². The zero-order chi connectivity index (χ0) is 21.0. The number of Topliss-reactive ketones (excluding diaryl/α,β-unsaturated/α-hetero) is 3. The molecule has 9 heteroatoms. The summed E-state index contributed by atoms with van der Waals surface area (Å²) in [4.78, 5) is 51.7. The number of carboxylic acid groups (broad SMARTS) is 1. The van der Waals surface area contributed by atoms with Crippen LogP contribution in [-0.4, -0.2) is 40.8 Å². The van der Waals surface area contributed by atoms with E-state index < -0.39 is 23.8 Å². The Morgan fingerprint density at radius 2 is 1.46 bits per heavy atom. The Kier molecular flexibility index (Phi) is 16.5. The van der Waals surface area contributed by atoms with E-state index in [0.29, 0.717) is 24.8 Å². The Morgan fingerprint density at radius 3 is 1.79 bits per heavy atom. The van der Waals surface area contributed by atoms with Gasteiger partial charge in [0.25, 0.3) is 0 Å². The summed E-state index contributed by atoms with van der Waals surface area (Å²) in [6.45, 7) is 5.98. The molecule has 0 aliphatic heterocycles. The summed E-state index contributed by atoms with van der Waals surface area (Å²) < 4.78 is 4.98. The second kappa shape index (κ2) is 15.9. The number of ketones is 3. The number of carboxylic acids is 1. The van der Waals surface area contributed by atoms with Crippen molar-refractivity contribution in [3.63, 3.8) is 0 Å². The van der Waals surface area contributed by atoms with E-state index in [1.54, 1.807) is 6.92 Å². The van der Waals surface area contributed by atoms with Crippen LogP contribution in [0.5, 0.6) is 0 Å². The van der Waals surface area contributed by atoms with Crippen molar-refractivity contribution < 1.29 is 63.4 Å². The van der Waals surface area contributed by atoms with Gasteiger partial charge in [0.1, 0.15) is 5.97 Å². The Hall–Kier alpha value is -1.02. The maximum Gasteiger partial charge on any atom is 1.00 e. The summed E-state index contributed by atoms with van der Waals surface area (Å²) in [5.74, 6) is -2.75. The number of alkyl halides is 1. The van der Waals surface area contributed by atoms with E-state index in [-0.39, 0.29) is 46.5 Å². The Morgan fingerprint density at radius 1 is 1.00 bits per heavy atom. The minimum absolute atomic E-state index is 0. The van der Waals surface area contributed by atoms with Crippen molar-refractivity contribution in [1.82, 2.24) is 0 Å². The van der Waals surface area contributed by atoms with Crippen molar-refractivity contribution >= 4 is 40.9 Å². The normalized spacial score (nSPS) is 20.8. The van der Waals surface area contributed by atoms with Gasteiger partial charge in [0.15, 0.2) is 23.5 Å². The maximum atomic E-state index is 11.2. The van der Waals surface area contributed by atoms with Crippen molar-refractivity contribution in [2.45, 2.75) is 76.7 Å². The van der Waals surface area contributed by atoms with Gasteiger partial charge in [0.2, 0.25) is 0 Å². The maximum absolute atomic E-state index is 11.2. The van der Waals surface area contributed by atoms with Crippen molar-refractivity contribution in [2.24, 2.45) is 0 Å². The van der Waals surface area contributed by atoms with Gasteiger partial charge >= 0.3 is 35.5 Å². The molecule has 0 saturated heterocycles. The Bertz CT molecular complexity index is 577. The molecule has 2 fully saturated rings. The number of rotatable bonds is 3. The predicted molar refractivity (Wildman–Crippen MR) is 97.0 cm³/mol. The molecule has 0 aromatic rings. The van der Waals surface area contributed by atoms with Crippen LogP contribution in [-0.2, 0) is 28.7 Å². The zero-order valence-corrected chi connectivity index (χ0v) is 19.5. The first-order valence-corrected chi connectivity index (χ1v) is 9.27. The quantitative estimate of drug-likeness (QED) is 0.181. The van der Waals surface area contributed by atoms with Crippen LogP contribution in [0.25, 0.3) is 0 Å². The van der Waals surface area contributed by atoms with Gasteiger partial charge in [-0.05, 0) is 39.0 Å². The topological polar surface area (TPSA) is 118 Å². The molecule has 2 unspecified atom stereocenters. The van der Waals surface area contributed by atoms with Crippen LogP contribution in [0.1, 0.15) is 65.2 Å². The molecule has 0 heterocycles. The minimum Gasteiger partial charge on any atom is -0.542 e. The SMILES string of the molecule is C=C(C)C(=O)OC1CCCCC1=O.CC(=O)C(=O)[O-].O=C1CCCCC1Cl.[Na+]. The predicted octanol–water partition coefficient (Wildman–Crippen LogP) is -1.32. The van der Waals surface area contributed by atoms with Gasteiger partial charge in [0.05, 0.1) is 5.38 Å². The standard InChI is InChI=1S/C10H14O3.C6H9ClO.C3H4O3.Na/c1-7(2)10(12)13-9-6-4-3-5-8(9)11;7-5-3-1-2-4-6(5)8;1-2(4)3(5)6;/h9H,1,3-6H2,2H3;5H,1-4H2;1H3,(H,5,6);/q;;;+1/p-1. The summed E-state index contributed by atoms with van der Waals surface area (Å²) in [5.41, 5.74) is 0.346. The first kappa shape index (κ1) is 29.2. The molecule has 0 amide bonds. The van der Waals surface area contributed by atoms with E-state index in [1.165, 1.54) is 0 Å². The smallest absolute Gasteiger partial charge is 0.542 e. The number of hydrogen-bond acceptors (Lipinski definition) is 7. The monoisotopic (exact) mass is 424 g/mol. The molecule has 7 nitrogen and oxygen atoms in total. The van der Waals surface area contributed by atoms with Gasteiger partial charge in [-0.1, -0.05) is 13.0 Å². The third-order valence-corrected chi connectivity index (χ3v) is 4.33. The zero-order valence-electron chi connectivity index (χ0n) is 16.8. The fourth-order valence-corrected chi connectivity index (χ4v) is 2.51. The molecule has 2 aliphatic rings. The van der Waals surface area contributed by atoms with E-state index in [4.69, 9.17) is 16.3 Å². The van der Waals surface area contributed by atoms with Crippen LogP contribution in [0.3, 0.4) is 0 Å². The minimum atomic E-state index is -1.63. The second-order valence-electron chi connectivity index (χ2n) is 6.41. The van der Waals surface area contributed by atoms with Crippen LogP contribution in [0, 0.1) is 0 Å². The van der Waals surface area contributed by atoms with Crippen molar-refractivity contribution in [3.05, 3.63) is 12.2 Å². The average Bonchev–Trinajstić information content (AvgIpc) is 2.60. The summed E-state index contributed by atoms with van der Waals surface area (Å²) in [6, 6.07) is 0. The van der Waals surface area contributed by atoms with Gasteiger partial charge in [-0.25, -0.2) is 4.79 Å². The largest absolute Gasteiger partial charge is 1.00 e. The molecule has 152 valence electrons. The molecule has 2 saturated carbocycles. The van der Waals surface area contributed by atoms with Crippen LogP contribution in [0.4, 0.5) is 0 Å². The van der Waals surface area contributed by atoms with E-state index in [1.807, 2.05) is 0 Å². The van der Waals surface area contributed by atoms with Gasteiger partial charge in [-0.3, -0.25) is 14.4 Å². The molecule has 0 aromatic heterocycles. The molecule has 2 aliphatic carbocycles. The molecule has 0 aromatic carbocycles. The summed E-state index contributed by atoms with van der Waals surface area (Å²) in [6.07, 6.45) is 6.32. The number of halogens is 1. The third-order valence-electron chi connectivity index (χ3n) is 3.86. The van der Waals surface area contributed by atoms with Crippen LogP contribution >= 0.6 is 11.6 Å². The van der Waals surface area contributed by atoms with Gasteiger partial charge in [0, 0.05) is 25.3 Å². The van der Waals surface area contributed by atoms with Crippen molar-refractivity contribution in [2.75, 3.05) is 0 Å².